The van der Waals surface area contributed by atoms with Gasteiger partial charge >= 0.3 is 45.1 Å². The Morgan fingerprint density at radius 2 is 1.52 bits per heavy atom. The molecule has 1 unspecified atom stereocenters. The molecule has 182 valence electrons. The largest absolute Gasteiger partial charge is 0.466 e. The van der Waals surface area contributed by atoms with Crippen molar-refractivity contribution in [1.82, 2.24) is 4.90 Å². The molecule has 31 heavy (non-hydrogen) atoms. The van der Waals surface area contributed by atoms with Crippen molar-refractivity contribution < 1.29 is 62.8 Å². The second kappa shape index (κ2) is 9.68. The van der Waals surface area contributed by atoms with Crippen molar-refractivity contribution in [2.45, 2.75) is 49.3 Å². The third kappa shape index (κ3) is 6.52. The van der Waals surface area contributed by atoms with E-state index in [0.29, 0.717) is 4.90 Å². The molecule has 0 aromatic heterocycles. The standard InChI is InChI=1S/C15H20F7NO7S/c1-9(2)10(24)30-13(14(18,19)20,11(25)23(3)4)29-8-6-5-7-12(16,17)15(21,22)31(26,27)28/h1,5-8H2,2-4H3,(H,26,27,28). The van der Waals surface area contributed by atoms with Gasteiger partial charge < -0.3 is 14.4 Å². The molecule has 1 N–H and O–H groups in total. The molecule has 0 bridgehead atoms. The molecule has 0 saturated carbocycles. The lowest BCUT2D eigenvalue weighted by Crippen LogP contribution is -2.61. The van der Waals surface area contributed by atoms with E-state index in [4.69, 9.17) is 4.55 Å². The summed E-state index contributed by atoms with van der Waals surface area (Å²) in [7, 11) is -4.72. The zero-order chi connectivity index (χ0) is 25.1. The molecular formula is C15H20F7NO7S. The van der Waals surface area contributed by atoms with E-state index in [1.54, 1.807) is 0 Å². The second-order valence-corrected chi connectivity index (χ2v) is 7.95. The second-order valence-electron chi connectivity index (χ2n) is 6.49. The van der Waals surface area contributed by atoms with Crippen LogP contribution in [0.3, 0.4) is 0 Å². The molecule has 0 heterocycles. The van der Waals surface area contributed by atoms with Crippen molar-refractivity contribution in [2.24, 2.45) is 0 Å². The van der Waals surface area contributed by atoms with Crippen LogP contribution in [0.25, 0.3) is 0 Å². The monoisotopic (exact) mass is 491 g/mol. The Labute approximate surface area is 172 Å². The zero-order valence-electron chi connectivity index (χ0n) is 16.4. The first-order valence-electron chi connectivity index (χ1n) is 8.18. The third-order valence-corrected chi connectivity index (χ3v) is 4.53. The molecule has 0 aliphatic heterocycles. The van der Waals surface area contributed by atoms with E-state index in [-0.39, 0.29) is 0 Å². The Morgan fingerprint density at radius 1 is 1.03 bits per heavy atom. The summed E-state index contributed by atoms with van der Waals surface area (Å²) >= 11 is 0. The summed E-state index contributed by atoms with van der Waals surface area (Å²) in [5.74, 6) is -13.0. The summed E-state index contributed by atoms with van der Waals surface area (Å²) in [6.45, 7) is 2.85. The van der Waals surface area contributed by atoms with Gasteiger partial charge in [0.15, 0.2) is 0 Å². The van der Waals surface area contributed by atoms with Crippen molar-refractivity contribution in [3.05, 3.63) is 12.2 Å². The molecule has 0 aromatic rings. The lowest BCUT2D eigenvalue weighted by Gasteiger charge is -2.35. The smallest absolute Gasteiger partial charge is 0.412 e. The van der Waals surface area contributed by atoms with Crippen LogP contribution >= 0.6 is 0 Å². The van der Waals surface area contributed by atoms with Crippen molar-refractivity contribution in [1.29, 1.82) is 0 Å². The summed E-state index contributed by atoms with van der Waals surface area (Å²) in [5.41, 5.74) is -0.532. The first kappa shape index (κ1) is 29.1. The number of amides is 1. The maximum atomic E-state index is 13.6. The summed E-state index contributed by atoms with van der Waals surface area (Å²) in [6.07, 6.45) is -9.34. The Morgan fingerprint density at radius 3 is 1.87 bits per heavy atom. The van der Waals surface area contributed by atoms with Gasteiger partial charge in [-0.2, -0.15) is 39.2 Å². The molecule has 0 saturated heterocycles. The molecule has 0 rings (SSSR count). The molecule has 16 heteroatoms. The van der Waals surface area contributed by atoms with E-state index in [2.05, 4.69) is 16.1 Å². The predicted octanol–water partition coefficient (Wildman–Crippen LogP) is 2.76. The van der Waals surface area contributed by atoms with Gasteiger partial charge in [-0.3, -0.25) is 9.35 Å². The zero-order valence-corrected chi connectivity index (χ0v) is 17.2. The van der Waals surface area contributed by atoms with Crippen LogP contribution in [0.1, 0.15) is 26.2 Å². The van der Waals surface area contributed by atoms with E-state index in [1.165, 1.54) is 0 Å². The van der Waals surface area contributed by atoms with Gasteiger partial charge in [0, 0.05) is 26.1 Å². The molecule has 1 amide bonds. The van der Waals surface area contributed by atoms with E-state index in [0.717, 1.165) is 21.0 Å². The van der Waals surface area contributed by atoms with Gasteiger partial charge in [0.05, 0.1) is 6.61 Å². The number of halogens is 7. The van der Waals surface area contributed by atoms with Crippen LogP contribution in [-0.2, 0) is 29.2 Å². The molecule has 0 radical (unpaired) electrons. The highest BCUT2D eigenvalue weighted by atomic mass is 32.2. The number of hydrogen-bond acceptors (Lipinski definition) is 6. The summed E-state index contributed by atoms with van der Waals surface area (Å²) < 4.78 is 131. The van der Waals surface area contributed by atoms with Crippen molar-refractivity contribution >= 4 is 22.0 Å². The minimum atomic E-state index is -6.47. The third-order valence-electron chi connectivity index (χ3n) is 3.59. The molecule has 0 aliphatic carbocycles. The van der Waals surface area contributed by atoms with Crippen LogP contribution in [0.15, 0.2) is 12.2 Å². The number of unbranched alkanes of at least 4 members (excludes halogenated alkanes) is 1. The molecule has 0 aromatic carbocycles. The van der Waals surface area contributed by atoms with E-state index < -0.39 is 76.6 Å². The molecule has 8 nitrogen and oxygen atoms in total. The number of esters is 1. The number of alkyl halides is 7. The molecule has 1 atom stereocenters. The van der Waals surface area contributed by atoms with Gasteiger partial charge in [0.1, 0.15) is 0 Å². The average molecular weight is 491 g/mol. The van der Waals surface area contributed by atoms with Gasteiger partial charge in [-0.1, -0.05) is 6.58 Å². The Bertz CT molecular complexity index is 796. The van der Waals surface area contributed by atoms with E-state index >= 15 is 0 Å². The number of nitrogens with zero attached hydrogens (tertiary/aromatic N) is 1. The topological polar surface area (TPSA) is 110 Å². The highest BCUT2D eigenvalue weighted by molar-refractivity contribution is 7.87. The fourth-order valence-corrected chi connectivity index (χ4v) is 2.39. The quantitative estimate of drug-likeness (QED) is 0.118. The minimum absolute atomic E-state index is 0.375. The number of rotatable bonds is 11. The first-order chi connectivity index (χ1) is 13.6. The van der Waals surface area contributed by atoms with Crippen LogP contribution in [0.4, 0.5) is 30.7 Å². The van der Waals surface area contributed by atoms with Gasteiger partial charge in [-0.25, -0.2) is 4.79 Å². The van der Waals surface area contributed by atoms with Crippen molar-refractivity contribution in [3.8, 4) is 0 Å². The summed E-state index contributed by atoms with van der Waals surface area (Å²) in [6, 6.07) is 0. The number of hydrogen-bond donors (Lipinski definition) is 1. The fraction of sp³-hybridized carbons (Fsp3) is 0.733. The highest BCUT2D eigenvalue weighted by Crippen LogP contribution is 2.42. The van der Waals surface area contributed by atoms with Gasteiger partial charge in [0.2, 0.25) is 0 Å². The molecule has 0 fully saturated rings. The summed E-state index contributed by atoms with van der Waals surface area (Å²) in [5, 5.41) is -5.84. The maximum absolute atomic E-state index is 13.6. The maximum Gasteiger partial charge on any atom is 0.466 e. The number of carbonyl (C=O) groups is 2. The molecule has 0 aliphatic rings. The van der Waals surface area contributed by atoms with Crippen molar-refractivity contribution in [2.75, 3.05) is 20.7 Å². The van der Waals surface area contributed by atoms with Crippen LogP contribution in [0, 0.1) is 0 Å². The Kier molecular flexibility index (Phi) is 9.08. The SMILES string of the molecule is C=C(C)C(=O)OC(OCCCCC(F)(F)C(F)(F)S(=O)(=O)O)(C(=O)N(C)C)C(F)(F)F. The van der Waals surface area contributed by atoms with Crippen LogP contribution in [-0.4, -0.2) is 73.6 Å². The minimum Gasteiger partial charge on any atom is -0.412 e. The molecule has 0 spiro atoms. The average Bonchev–Trinajstić information content (AvgIpc) is 2.56. The predicted molar refractivity (Wildman–Crippen MR) is 89.6 cm³/mol. The molecular weight excluding hydrogens is 471 g/mol. The summed E-state index contributed by atoms with van der Waals surface area (Å²) in [4.78, 5) is 24.1. The highest BCUT2D eigenvalue weighted by Gasteiger charge is 2.67. The van der Waals surface area contributed by atoms with Crippen LogP contribution in [0.5, 0.6) is 0 Å². The van der Waals surface area contributed by atoms with E-state index in [1.807, 2.05) is 0 Å². The first-order valence-corrected chi connectivity index (χ1v) is 9.62. The van der Waals surface area contributed by atoms with Crippen LogP contribution in [0.2, 0.25) is 0 Å². The number of likely N-dealkylation sites (N-methyl/N-ethyl adjacent to an activating group) is 1. The normalized spacial score (nSPS) is 15.2. The Balaban J connectivity index is 5.49. The van der Waals surface area contributed by atoms with E-state index in [9.17, 15) is 48.7 Å². The lowest BCUT2D eigenvalue weighted by atomic mass is 10.1. The van der Waals surface area contributed by atoms with Crippen molar-refractivity contribution in [3.63, 3.8) is 0 Å². The van der Waals surface area contributed by atoms with Gasteiger partial charge in [-0.05, 0) is 19.8 Å². The lowest BCUT2D eigenvalue weighted by molar-refractivity contribution is -0.350. The Hall–Kier alpha value is -1.94. The van der Waals surface area contributed by atoms with Gasteiger partial charge in [-0.15, -0.1) is 0 Å². The fourth-order valence-electron chi connectivity index (χ4n) is 1.91. The van der Waals surface area contributed by atoms with Crippen LogP contribution < -0.4 is 0 Å². The van der Waals surface area contributed by atoms with Gasteiger partial charge in [0.25, 0.3) is 0 Å². The number of carbonyl (C=O) groups excluding carboxylic acids is 2. The number of ether oxygens (including phenoxy) is 2.